The molecule has 4 nitrogen and oxygen atoms in total. The molecule has 0 saturated carbocycles. The van der Waals surface area contributed by atoms with Gasteiger partial charge in [-0.2, -0.15) is 13.2 Å². The highest BCUT2D eigenvalue weighted by atomic mass is 32.2. The fourth-order valence-corrected chi connectivity index (χ4v) is 6.88. The molecule has 0 unspecified atom stereocenters. The smallest absolute Gasteiger partial charge is 0.348 e. The molecule has 9 heteroatoms. The van der Waals surface area contributed by atoms with E-state index in [1.54, 1.807) is 0 Å². The van der Waals surface area contributed by atoms with Crippen LogP contribution < -0.4 is 4.90 Å². The molecule has 1 saturated heterocycles. The Morgan fingerprint density at radius 3 is 2.41 bits per heavy atom. The van der Waals surface area contributed by atoms with Gasteiger partial charge in [-0.25, -0.2) is 13.4 Å². The molecular weight excluding hydrogens is 457 g/mol. The van der Waals surface area contributed by atoms with E-state index in [1.165, 1.54) is 29.0 Å². The Bertz CT molecular complexity index is 1230. The predicted molar refractivity (Wildman–Crippen MR) is 121 cm³/mol. The van der Waals surface area contributed by atoms with Gasteiger partial charge in [-0.1, -0.05) is 30.3 Å². The maximum atomic E-state index is 13.3. The van der Waals surface area contributed by atoms with E-state index >= 15 is 0 Å². The summed E-state index contributed by atoms with van der Waals surface area (Å²) in [5, 5.41) is 1.94. The van der Waals surface area contributed by atoms with Gasteiger partial charge >= 0.3 is 6.18 Å². The number of rotatable bonds is 4. The lowest BCUT2D eigenvalue weighted by Gasteiger charge is -2.31. The number of hydrogen-bond donors (Lipinski definition) is 0. The Labute approximate surface area is 189 Å². The quantitative estimate of drug-likeness (QED) is 0.467. The highest BCUT2D eigenvalue weighted by molar-refractivity contribution is 7.92. The molecule has 1 aliphatic heterocycles. The number of aromatic nitrogens is 1. The zero-order chi connectivity index (χ0) is 23.1. The van der Waals surface area contributed by atoms with Gasteiger partial charge in [0.15, 0.2) is 15.0 Å². The van der Waals surface area contributed by atoms with Crippen molar-refractivity contribution in [2.24, 2.45) is 0 Å². The van der Waals surface area contributed by atoms with Crippen LogP contribution in [0.3, 0.4) is 0 Å². The zero-order valence-electron chi connectivity index (χ0n) is 17.7. The van der Waals surface area contributed by atoms with Crippen LogP contribution >= 0.6 is 11.3 Å². The second kappa shape index (κ2) is 8.51. The van der Waals surface area contributed by atoms with E-state index in [0.717, 1.165) is 34.1 Å². The highest BCUT2D eigenvalue weighted by Gasteiger charge is 2.40. The molecule has 0 spiro atoms. The van der Waals surface area contributed by atoms with Gasteiger partial charge in [-0.3, -0.25) is 0 Å². The second-order valence-corrected chi connectivity index (χ2v) is 11.0. The summed E-state index contributed by atoms with van der Waals surface area (Å²) in [5.74, 6) is 0. The van der Waals surface area contributed by atoms with Gasteiger partial charge in [0.05, 0.1) is 21.4 Å². The van der Waals surface area contributed by atoms with E-state index in [4.69, 9.17) is 4.98 Å². The lowest BCUT2D eigenvalue weighted by atomic mass is 10.0. The van der Waals surface area contributed by atoms with Crippen LogP contribution in [-0.4, -0.2) is 31.7 Å². The first-order chi connectivity index (χ1) is 15.1. The van der Waals surface area contributed by atoms with Gasteiger partial charge < -0.3 is 4.90 Å². The van der Waals surface area contributed by atoms with Crippen LogP contribution in [-0.2, 0) is 16.0 Å². The van der Waals surface area contributed by atoms with E-state index in [9.17, 15) is 21.6 Å². The monoisotopic (exact) mass is 480 g/mol. The Morgan fingerprint density at radius 1 is 1.03 bits per heavy atom. The summed E-state index contributed by atoms with van der Waals surface area (Å²) in [7, 11) is -4.09. The molecule has 0 N–H and O–H groups in total. The van der Waals surface area contributed by atoms with Crippen molar-refractivity contribution in [1.29, 1.82) is 0 Å². The van der Waals surface area contributed by atoms with Crippen molar-refractivity contribution < 1.29 is 21.6 Å². The van der Waals surface area contributed by atoms with Crippen molar-refractivity contribution in [3.05, 3.63) is 64.5 Å². The summed E-state index contributed by atoms with van der Waals surface area (Å²) < 4.78 is 66.1. The summed E-state index contributed by atoms with van der Waals surface area (Å²) >= 11 is 1.49. The van der Waals surface area contributed by atoms with Crippen molar-refractivity contribution in [3.8, 4) is 11.3 Å². The highest BCUT2D eigenvalue weighted by Crippen LogP contribution is 2.38. The third-order valence-electron chi connectivity index (χ3n) is 6.02. The minimum absolute atomic E-state index is 0.257. The van der Waals surface area contributed by atoms with Gasteiger partial charge in [0.2, 0.25) is 0 Å². The first-order valence-electron chi connectivity index (χ1n) is 10.3. The maximum absolute atomic E-state index is 13.3. The third kappa shape index (κ3) is 4.28. The topological polar surface area (TPSA) is 50.3 Å². The number of anilines is 1. The Hall–Kier alpha value is -2.39. The second-order valence-electron chi connectivity index (χ2n) is 7.99. The summed E-state index contributed by atoms with van der Waals surface area (Å²) in [4.78, 5) is 6.13. The van der Waals surface area contributed by atoms with Gasteiger partial charge in [-0.15, -0.1) is 11.3 Å². The van der Waals surface area contributed by atoms with Crippen molar-refractivity contribution in [2.75, 3.05) is 18.0 Å². The van der Waals surface area contributed by atoms with Crippen molar-refractivity contribution >= 4 is 26.3 Å². The molecule has 0 bridgehead atoms. The van der Waals surface area contributed by atoms with E-state index in [2.05, 4.69) is 6.92 Å². The fourth-order valence-electron chi connectivity index (χ4n) is 4.05. The van der Waals surface area contributed by atoms with Gasteiger partial charge in [-0.05, 0) is 49.9 Å². The van der Waals surface area contributed by atoms with Crippen molar-refractivity contribution in [1.82, 2.24) is 4.98 Å². The SMILES string of the molecule is Cc1cccc(-c2csc(N3CCC(S(=O)(=O)c4ccccc4C(F)(F)F)CC3)n2)c1C. The summed E-state index contributed by atoms with van der Waals surface area (Å²) in [6.07, 6.45) is -4.20. The minimum Gasteiger partial charge on any atom is -0.348 e. The molecule has 1 aromatic heterocycles. The third-order valence-corrected chi connectivity index (χ3v) is 9.24. The van der Waals surface area contributed by atoms with Crippen LogP contribution in [0.1, 0.15) is 29.5 Å². The Kier molecular flexibility index (Phi) is 6.06. The summed E-state index contributed by atoms with van der Waals surface area (Å²) in [6, 6.07) is 10.5. The normalized spacial score (nSPS) is 15.8. The fraction of sp³-hybridized carbons (Fsp3) is 0.348. The Morgan fingerprint density at radius 2 is 1.72 bits per heavy atom. The molecular formula is C23H23F3N2O2S2. The average Bonchev–Trinajstić information content (AvgIpc) is 3.25. The van der Waals surface area contributed by atoms with Crippen LogP contribution in [0.15, 0.2) is 52.7 Å². The zero-order valence-corrected chi connectivity index (χ0v) is 19.3. The number of sulfone groups is 1. The van der Waals surface area contributed by atoms with Crippen LogP contribution in [0.25, 0.3) is 11.3 Å². The number of piperidine rings is 1. The number of aryl methyl sites for hydroxylation is 1. The number of hydrogen-bond acceptors (Lipinski definition) is 5. The lowest BCUT2D eigenvalue weighted by Crippen LogP contribution is -2.39. The van der Waals surface area contributed by atoms with Gasteiger partial charge in [0.25, 0.3) is 0 Å². The lowest BCUT2D eigenvalue weighted by molar-refractivity contribution is -0.139. The summed E-state index contributed by atoms with van der Waals surface area (Å²) in [6.45, 7) is 4.96. The standard InChI is InChI=1S/C23H23F3N2O2S2/c1-15-6-5-7-18(16(15)2)20-14-31-22(27-20)28-12-10-17(11-13-28)32(29,30)21-9-4-3-8-19(21)23(24,25)26/h3-9,14,17H,10-13H2,1-2H3. The number of halogens is 3. The molecule has 1 fully saturated rings. The summed E-state index contributed by atoms with van der Waals surface area (Å²) in [5.41, 5.74) is 3.19. The number of thiazole rings is 1. The number of nitrogens with zero attached hydrogens (tertiary/aromatic N) is 2. The molecule has 2 heterocycles. The molecule has 1 aliphatic rings. The largest absolute Gasteiger partial charge is 0.417 e. The minimum atomic E-state index is -4.71. The number of benzene rings is 2. The van der Waals surface area contributed by atoms with E-state index in [1.807, 2.05) is 35.4 Å². The molecule has 0 amide bonds. The van der Waals surface area contributed by atoms with Crippen molar-refractivity contribution in [3.63, 3.8) is 0 Å². The van der Waals surface area contributed by atoms with Gasteiger partial charge in [0.1, 0.15) is 0 Å². The molecule has 0 atom stereocenters. The van der Waals surface area contributed by atoms with Crippen LogP contribution in [0.5, 0.6) is 0 Å². The Balaban J connectivity index is 1.51. The average molecular weight is 481 g/mol. The van der Waals surface area contributed by atoms with E-state index in [0.29, 0.717) is 13.1 Å². The molecule has 0 aliphatic carbocycles. The van der Waals surface area contributed by atoms with E-state index in [-0.39, 0.29) is 12.8 Å². The van der Waals surface area contributed by atoms with Crippen LogP contribution in [0, 0.1) is 13.8 Å². The van der Waals surface area contributed by atoms with Crippen molar-refractivity contribution in [2.45, 2.75) is 43.0 Å². The molecule has 3 aromatic rings. The molecule has 170 valence electrons. The molecule has 2 aromatic carbocycles. The first-order valence-corrected chi connectivity index (χ1v) is 12.7. The number of alkyl halides is 3. The van der Waals surface area contributed by atoms with E-state index < -0.39 is 31.7 Å². The molecule has 4 rings (SSSR count). The predicted octanol–water partition coefficient (Wildman–Crippen LogP) is 5.89. The molecule has 32 heavy (non-hydrogen) atoms. The maximum Gasteiger partial charge on any atom is 0.417 e. The molecule has 0 radical (unpaired) electrons. The van der Waals surface area contributed by atoms with Crippen LogP contribution in [0.2, 0.25) is 0 Å². The van der Waals surface area contributed by atoms with Crippen LogP contribution in [0.4, 0.5) is 18.3 Å². The van der Waals surface area contributed by atoms with Gasteiger partial charge in [0, 0.05) is 24.0 Å². The first kappa shape index (κ1) is 22.8.